The Morgan fingerprint density at radius 2 is 1.63 bits per heavy atom. The number of aliphatic hydroxyl groups is 1. The van der Waals surface area contributed by atoms with Gasteiger partial charge in [-0.25, -0.2) is 8.78 Å². The van der Waals surface area contributed by atoms with E-state index in [9.17, 15) is 13.9 Å². The smallest absolute Gasteiger partial charge is 0.142 e. The number of benzene rings is 2. The van der Waals surface area contributed by atoms with Gasteiger partial charge >= 0.3 is 0 Å². The molecule has 0 amide bonds. The summed E-state index contributed by atoms with van der Waals surface area (Å²) in [6.07, 6.45) is -0.984. The summed E-state index contributed by atoms with van der Waals surface area (Å²) in [5.41, 5.74) is 0.656. The second-order valence-electron chi connectivity index (χ2n) is 4.13. The topological polar surface area (TPSA) is 20.2 Å². The molecule has 0 aliphatic carbocycles. The predicted octanol–water partition coefficient (Wildman–Crippen LogP) is 4.55. The number of rotatable bonds is 3. The van der Waals surface area contributed by atoms with Crippen LogP contribution in [0, 0.1) is 11.6 Å². The normalized spacial score (nSPS) is 12.5. The summed E-state index contributed by atoms with van der Waals surface area (Å²) in [6.45, 7) is 0. The Balaban J connectivity index is 2.22. The van der Waals surface area contributed by atoms with Crippen molar-refractivity contribution >= 4 is 23.2 Å². The maximum atomic E-state index is 13.6. The monoisotopic (exact) mass is 302 g/mol. The van der Waals surface area contributed by atoms with Gasteiger partial charge in [-0.15, -0.1) is 0 Å². The lowest BCUT2D eigenvalue weighted by Gasteiger charge is -2.13. The van der Waals surface area contributed by atoms with Crippen LogP contribution in [0.2, 0.25) is 10.0 Å². The van der Waals surface area contributed by atoms with E-state index in [1.165, 1.54) is 0 Å². The SMILES string of the molecule is OC(Cc1ccc(Cl)cc1)c1cc(F)c(Cl)cc1F. The van der Waals surface area contributed by atoms with E-state index in [0.29, 0.717) is 5.02 Å². The van der Waals surface area contributed by atoms with Crippen molar-refractivity contribution in [3.63, 3.8) is 0 Å². The number of halogens is 4. The Kier molecular flexibility index (Phi) is 4.40. The maximum Gasteiger partial charge on any atom is 0.142 e. The van der Waals surface area contributed by atoms with Gasteiger partial charge in [-0.3, -0.25) is 0 Å². The third-order valence-electron chi connectivity index (χ3n) is 2.74. The van der Waals surface area contributed by atoms with Crippen molar-refractivity contribution in [2.75, 3.05) is 0 Å². The van der Waals surface area contributed by atoms with E-state index in [1.807, 2.05) is 0 Å². The molecule has 0 fully saturated rings. The lowest BCUT2D eigenvalue weighted by atomic mass is 10.0. The van der Waals surface area contributed by atoms with Gasteiger partial charge in [-0.1, -0.05) is 35.3 Å². The average molecular weight is 303 g/mol. The molecule has 5 heteroatoms. The molecule has 0 bridgehead atoms. The average Bonchev–Trinajstić information content (AvgIpc) is 2.36. The van der Waals surface area contributed by atoms with Gasteiger partial charge in [-0.05, 0) is 29.8 Å². The minimum absolute atomic E-state index is 0.114. The Morgan fingerprint density at radius 3 is 2.26 bits per heavy atom. The summed E-state index contributed by atoms with van der Waals surface area (Å²) in [4.78, 5) is 0. The van der Waals surface area contributed by atoms with Gasteiger partial charge in [-0.2, -0.15) is 0 Å². The van der Waals surface area contributed by atoms with Gasteiger partial charge in [0.2, 0.25) is 0 Å². The van der Waals surface area contributed by atoms with Crippen molar-refractivity contribution in [2.45, 2.75) is 12.5 Å². The Hall–Kier alpha value is -1.16. The minimum atomic E-state index is -1.15. The summed E-state index contributed by atoms with van der Waals surface area (Å²) < 4.78 is 26.9. The van der Waals surface area contributed by atoms with E-state index in [-0.39, 0.29) is 17.0 Å². The van der Waals surface area contributed by atoms with Crippen LogP contribution in [-0.4, -0.2) is 5.11 Å². The zero-order valence-corrected chi connectivity index (χ0v) is 11.2. The predicted molar refractivity (Wildman–Crippen MR) is 71.5 cm³/mol. The van der Waals surface area contributed by atoms with Crippen LogP contribution in [0.4, 0.5) is 8.78 Å². The van der Waals surface area contributed by atoms with Gasteiger partial charge < -0.3 is 5.11 Å². The van der Waals surface area contributed by atoms with Crippen molar-refractivity contribution in [1.29, 1.82) is 0 Å². The molecular weight excluding hydrogens is 293 g/mol. The van der Waals surface area contributed by atoms with Gasteiger partial charge in [0.15, 0.2) is 0 Å². The Labute approximate surface area is 119 Å². The highest BCUT2D eigenvalue weighted by atomic mass is 35.5. The van der Waals surface area contributed by atoms with E-state index in [1.54, 1.807) is 24.3 Å². The molecule has 2 aromatic rings. The third kappa shape index (κ3) is 3.44. The number of hydrogen-bond acceptors (Lipinski definition) is 1. The van der Waals surface area contributed by atoms with Crippen LogP contribution in [0.15, 0.2) is 36.4 Å². The van der Waals surface area contributed by atoms with Crippen LogP contribution < -0.4 is 0 Å². The van der Waals surface area contributed by atoms with E-state index in [0.717, 1.165) is 17.7 Å². The van der Waals surface area contributed by atoms with Gasteiger partial charge in [0, 0.05) is 17.0 Å². The molecule has 100 valence electrons. The Bertz CT molecular complexity index is 585. The lowest BCUT2D eigenvalue weighted by Crippen LogP contribution is -2.05. The van der Waals surface area contributed by atoms with Gasteiger partial charge in [0.1, 0.15) is 11.6 Å². The second kappa shape index (κ2) is 5.87. The second-order valence-corrected chi connectivity index (χ2v) is 4.98. The molecule has 2 aromatic carbocycles. The van der Waals surface area contributed by atoms with E-state index in [4.69, 9.17) is 23.2 Å². The molecule has 0 aliphatic heterocycles. The molecule has 0 aliphatic rings. The first kappa shape index (κ1) is 14.3. The highest BCUT2D eigenvalue weighted by Gasteiger charge is 2.16. The van der Waals surface area contributed by atoms with Crippen molar-refractivity contribution in [2.24, 2.45) is 0 Å². The molecular formula is C14H10Cl2F2O. The minimum Gasteiger partial charge on any atom is -0.388 e. The highest BCUT2D eigenvalue weighted by Crippen LogP contribution is 2.26. The van der Waals surface area contributed by atoms with Crippen LogP contribution in [0.25, 0.3) is 0 Å². The summed E-state index contributed by atoms with van der Waals surface area (Å²) >= 11 is 11.2. The molecule has 0 aromatic heterocycles. The molecule has 19 heavy (non-hydrogen) atoms. The quantitative estimate of drug-likeness (QED) is 0.825. The highest BCUT2D eigenvalue weighted by molar-refractivity contribution is 6.30. The fourth-order valence-corrected chi connectivity index (χ4v) is 2.02. The summed E-state index contributed by atoms with van der Waals surface area (Å²) in [5, 5.41) is 10.2. The molecule has 0 radical (unpaired) electrons. The fourth-order valence-electron chi connectivity index (χ4n) is 1.75. The van der Waals surface area contributed by atoms with Crippen molar-refractivity contribution in [1.82, 2.24) is 0 Å². The van der Waals surface area contributed by atoms with Crippen molar-refractivity contribution in [3.05, 3.63) is 69.2 Å². The van der Waals surface area contributed by atoms with E-state index in [2.05, 4.69) is 0 Å². The Morgan fingerprint density at radius 1 is 1.00 bits per heavy atom. The van der Waals surface area contributed by atoms with Crippen molar-refractivity contribution in [3.8, 4) is 0 Å². The first-order chi connectivity index (χ1) is 8.97. The largest absolute Gasteiger partial charge is 0.388 e. The molecule has 1 nitrogen and oxygen atoms in total. The maximum absolute atomic E-state index is 13.6. The van der Waals surface area contributed by atoms with E-state index < -0.39 is 17.7 Å². The van der Waals surface area contributed by atoms with Crippen LogP contribution in [0.5, 0.6) is 0 Å². The molecule has 0 saturated carbocycles. The summed E-state index contributed by atoms with van der Waals surface area (Å²) in [6, 6.07) is 8.55. The zero-order valence-electron chi connectivity index (χ0n) is 9.71. The van der Waals surface area contributed by atoms with Crippen LogP contribution in [0.3, 0.4) is 0 Å². The van der Waals surface area contributed by atoms with Crippen molar-refractivity contribution < 1.29 is 13.9 Å². The first-order valence-electron chi connectivity index (χ1n) is 5.54. The standard InChI is InChI=1S/C14H10Cl2F2O/c15-9-3-1-8(2-4-9)5-14(19)10-6-13(18)11(16)7-12(10)17/h1-4,6-7,14,19H,5H2. The zero-order chi connectivity index (χ0) is 14.0. The molecule has 1 unspecified atom stereocenters. The number of hydrogen-bond donors (Lipinski definition) is 1. The molecule has 1 atom stereocenters. The lowest BCUT2D eigenvalue weighted by molar-refractivity contribution is 0.173. The molecule has 2 rings (SSSR count). The molecule has 0 spiro atoms. The number of aliphatic hydroxyl groups excluding tert-OH is 1. The van der Waals surface area contributed by atoms with Crippen LogP contribution in [-0.2, 0) is 6.42 Å². The summed E-state index contributed by atoms with van der Waals surface area (Å²) in [5.74, 6) is -1.49. The first-order valence-corrected chi connectivity index (χ1v) is 6.30. The molecule has 0 saturated heterocycles. The van der Waals surface area contributed by atoms with Crippen LogP contribution in [0.1, 0.15) is 17.2 Å². The van der Waals surface area contributed by atoms with Gasteiger partial charge in [0.05, 0.1) is 11.1 Å². The third-order valence-corrected chi connectivity index (χ3v) is 3.28. The van der Waals surface area contributed by atoms with Crippen LogP contribution >= 0.6 is 23.2 Å². The van der Waals surface area contributed by atoms with E-state index >= 15 is 0 Å². The summed E-state index contributed by atoms with van der Waals surface area (Å²) in [7, 11) is 0. The fraction of sp³-hybridized carbons (Fsp3) is 0.143. The van der Waals surface area contributed by atoms with Gasteiger partial charge in [0.25, 0.3) is 0 Å². The molecule has 0 heterocycles. The molecule has 1 N–H and O–H groups in total.